The second-order valence-electron chi connectivity index (χ2n) is 21.9. The number of aromatic hydroxyl groups is 1. The highest BCUT2D eigenvalue weighted by Crippen LogP contribution is 2.62. The van der Waals surface area contributed by atoms with Gasteiger partial charge in [0.05, 0.1) is 25.1 Å². The van der Waals surface area contributed by atoms with E-state index < -0.39 is 0 Å². The van der Waals surface area contributed by atoms with Crippen molar-refractivity contribution in [2.75, 3.05) is 7.11 Å². The zero-order chi connectivity index (χ0) is 49.9. The fraction of sp³-hybridized carbons (Fsp3) is 0.766. The van der Waals surface area contributed by atoms with Gasteiger partial charge < -0.3 is 24.1 Å². The molecule has 2 unspecified atom stereocenters. The van der Waals surface area contributed by atoms with E-state index in [4.69, 9.17) is 24.1 Å². The third-order valence-corrected chi connectivity index (χ3v) is 17.9. The maximum atomic E-state index is 12.8. The average Bonchev–Trinajstić information content (AvgIpc) is 3.75. The Labute approximate surface area is 487 Å². The van der Waals surface area contributed by atoms with E-state index in [1.54, 1.807) is 19.2 Å². The lowest BCUT2D eigenvalue weighted by atomic mass is 9.47. The van der Waals surface area contributed by atoms with E-state index in [2.05, 4.69) is 107 Å². The molecule has 438 valence electrons. The first-order valence-corrected chi connectivity index (χ1v) is 27.4. The van der Waals surface area contributed by atoms with Gasteiger partial charge in [-0.1, -0.05) is 141 Å². The summed E-state index contributed by atoms with van der Waals surface area (Å²) in [4.78, 5) is 36.2. The molecule has 0 amide bonds. The molecule has 2 aromatic rings. The number of esters is 3. The summed E-state index contributed by atoms with van der Waals surface area (Å²) >= 11 is 4.41. The Hall–Kier alpha value is -2.09. The molecular weight excluding hydrogens is 1150 g/mol. The molecule has 5 fully saturated rings. The number of rotatable bonds is 14. The number of phenols is 1. The number of hydrogen-bond donors (Lipinski definition) is 1. The molecule has 7 rings (SSSR count). The van der Waals surface area contributed by atoms with Crippen molar-refractivity contribution in [1.82, 2.24) is 0 Å². The first-order chi connectivity index (χ1) is 30.8. The Balaban J connectivity index is -0.000000205. The summed E-state index contributed by atoms with van der Waals surface area (Å²) in [6.45, 7) is 31.0. The Morgan fingerprint density at radius 1 is 0.649 bits per heavy atom. The molecule has 2 aromatic carbocycles. The molecule has 4 bridgehead atoms. The van der Waals surface area contributed by atoms with Crippen LogP contribution in [0.3, 0.4) is 0 Å². The van der Waals surface area contributed by atoms with Crippen LogP contribution >= 0.6 is 45.2 Å². The quantitative estimate of drug-likeness (QED) is 0.113. The van der Waals surface area contributed by atoms with Crippen molar-refractivity contribution >= 4 is 63.1 Å². The van der Waals surface area contributed by atoms with Gasteiger partial charge in [-0.2, -0.15) is 0 Å². The smallest absolute Gasteiger partial charge is 0.312 e. The summed E-state index contributed by atoms with van der Waals surface area (Å²) in [7, 11) is 1.63. The molecule has 5 saturated carbocycles. The molecule has 5 aliphatic carbocycles. The molecule has 5 aliphatic rings. The van der Waals surface area contributed by atoms with E-state index in [0.29, 0.717) is 47.0 Å². The van der Waals surface area contributed by atoms with Crippen LogP contribution in [0.2, 0.25) is 0 Å². The van der Waals surface area contributed by atoms with Gasteiger partial charge in [-0.25, -0.2) is 0 Å². The minimum Gasteiger partial charge on any atom is -0.508 e. The number of halogens is 2. The molecular formula is C64H120I2O8. The van der Waals surface area contributed by atoms with Crippen LogP contribution in [-0.2, 0) is 23.9 Å². The van der Waals surface area contributed by atoms with Crippen molar-refractivity contribution in [2.24, 2.45) is 46.3 Å². The van der Waals surface area contributed by atoms with Crippen molar-refractivity contribution in [3.63, 3.8) is 0 Å². The van der Waals surface area contributed by atoms with Crippen LogP contribution in [0.5, 0.6) is 17.2 Å². The zero-order valence-electron chi connectivity index (χ0n) is 43.8. The van der Waals surface area contributed by atoms with E-state index in [1.165, 1.54) is 57.4 Å². The number of ether oxygens (including phenoxy) is 4. The van der Waals surface area contributed by atoms with Crippen LogP contribution in [0.25, 0.3) is 0 Å². The number of methoxy groups -OCH3 is 1. The molecule has 2 atom stereocenters. The van der Waals surface area contributed by atoms with Crippen molar-refractivity contribution in [2.45, 2.75) is 270 Å². The molecule has 0 saturated heterocycles. The number of benzene rings is 2. The van der Waals surface area contributed by atoms with Gasteiger partial charge in [0.15, 0.2) is 5.75 Å². The summed E-state index contributed by atoms with van der Waals surface area (Å²) in [5.74, 6) is 6.30. The molecule has 1 N–H and O–H groups in total. The number of hydrogen-bond acceptors (Lipinski definition) is 8. The van der Waals surface area contributed by atoms with Crippen LogP contribution in [0.15, 0.2) is 30.3 Å². The van der Waals surface area contributed by atoms with Crippen LogP contribution in [0.4, 0.5) is 0 Å². The average molecular weight is 1270 g/mol. The Morgan fingerprint density at radius 2 is 1.07 bits per heavy atom. The third-order valence-electron chi connectivity index (χ3n) is 16.1. The molecule has 8 nitrogen and oxygen atoms in total. The molecule has 0 radical (unpaired) electrons. The second kappa shape index (κ2) is 36.2. The lowest BCUT2D eigenvalue weighted by Gasteiger charge is -2.62. The Kier molecular flexibility index (Phi) is 40.7. The molecule has 0 heterocycles. The Morgan fingerprint density at radius 3 is 1.42 bits per heavy atom. The van der Waals surface area contributed by atoms with Crippen LogP contribution < -0.4 is 9.47 Å². The zero-order valence-corrected chi connectivity index (χ0v) is 48.1. The van der Waals surface area contributed by atoms with E-state index in [-0.39, 0.29) is 99.4 Å². The highest BCUT2D eigenvalue weighted by molar-refractivity contribution is 14.1. The van der Waals surface area contributed by atoms with Crippen molar-refractivity contribution in [1.29, 1.82) is 0 Å². The Bertz CT molecular complexity index is 1850. The van der Waals surface area contributed by atoms with Gasteiger partial charge in [0.25, 0.3) is 0 Å². The maximum Gasteiger partial charge on any atom is 0.312 e. The van der Waals surface area contributed by atoms with E-state index in [9.17, 15) is 14.4 Å². The van der Waals surface area contributed by atoms with Gasteiger partial charge in [-0.15, -0.1) is 0 Å². The lowest BCUT2D eigenvalue weighted by molar-refractivity contribution is -0.231. The van der Waals surface area contributed by atoms with E-state index >= 15 is 0 Å². The van der Waals surface area contributed by atoms with Gasteiger partial charge >= 0.3 is 17.9 Å². The lowest BCUT2D eigenvalue weighted by Crippen LogP contribution is -2.63. The standard InChI is InChI=1S/C19H32O2.C14H26O2.C13H16I2O3.C10H14O.8CH4/c1-6-18(4,5)17(20)21-19(12(2)3)15-8-13-7-14(10-15)11-16(19)9-13;1-6-13(4,5)12(15)16-14(11(2)3)9-7-8-10-14;1-5-7(2)9-6-10(14)13(17-4)11(15)12(9)18-8(3)16;1-3-8(2)9-4-6-10(11)7-5-9;;;;;;;;/h12-16H,6-11H2,1-5H3;11H,6-10H2,1-5H3;6-7H,5H2,1-4H3;4-8,11H,3H2,1-2H3;8*1H4. The highest BCUT2D eigenvalue weighted by atomic mass is 127. The molecule has 74 heavy (non-hydrogen) atoms. The second-order valence-corrected chi connectivity index (χ2v) is 24.2. The van der Waals surface area contributed by atoms with Gasteiger partial charge in [0.1, 0.15) is 22.7 Å². The van der Waals surface area contributed by atoms with Crippen LogP contribution in [-0.4, -0.2) is 41.3 Å². The predicted molar refractivity (Wildman–Crippen MR) is 340 cm³/mol. The van der Waals surface area contributed by atoms with Gasteiger partial charge in [0.2, 0.25) is 0 Å². The monoisotopic (exact) mass is 1270 g/mol. The van der Waals surface area contributed by atoms with Crippen LogP contribution in [0, 0.1) is 53.5 Å². The number of carbonyl (C=O) groups excluding carboxylic acids is 3. The molecule has 10 heteroatoms. The van der Waals surface area contributed by atoms with Gasteiger partial charge in [-0.05, 0) is 227 Å². The van der Waals surface area contributed by atoms with E-state index in [0.717, 1.165) is 68.8 Å². The van der Waals surface area contributed by atoms with Crippen molar-refractivity contribution in [3.8, 4) is 17.2 Å². The maximum absolute atomic E-state index is 12.8. The first-order valence-electron chi connectivity index (χ1n) is 25.3. The summed E-state index contributed by atoms with van der Waals surface area (Å²) in [5, 5.41) is 9.01. The fourth-order valence-electron chi connectivity index (χ4n) is 10.5. The third kappa shape index (κ3) is 20.6. The SMILES string of the molecule is C.C.C.C.C.C.C.C.CCC(C)(C)C(=O)OC1(C(C)C)C2CC3CC(C2)CC1C3.CCC(C)(C)C(=O)OC1(C(C)C)CCCC1.CCC(C)c1cc(I)c(OC)c(I)c1OC(C)=O.CCC(C)c1ccc(O)cc1. The van der Waals surface area contributed by atoms with E-state index in [1.807, 2.05) is 52.8 Å². The van der Waals surface area contributed by atoms with Crippen LogP contribution in [0.1, 0.15) is 270 Å². The normalized spacial score (nSPS) is 21.0. The largest absolute Gasteiger partial charge is 0.508 e. The highest BCUT2D eigenvalue weighted by Gasteiger charge is 2.61. The summed E-state index contributed by atoms with van der Waals surface area (Å²) in [6, 6.07) is 9.46. The van der Waals surface area contributed by atoms with Gasteiger partial charge in [-0.3, -0.25) is 14.4 Å². The predicted octanol–water partition coefficient (Wildman–Crippen LogP) is 21.1. The molecule has 0 aromatic heterocycles. The molecule has 0 spiro atoms. The summed E-state index contributed by atoms with van der Waals surface area (Å²) in [6.07, 6.45) is 14.9. The number of carbonyl (C=O) groups is 3. The minimum atomic E-state index is -0.351. The summed E-state index contributed by atoms with van der Waals surface area (Å²) in [5.41, 5.74) is 1.31. The fourth-order valence-corrected chi connectivity index (χ4v) is 12.8. The van der Waals surface area contributed by atoms with Crippen molar-refractivity contribution in [3.05, 3.63) is 48.6 Å². The topological polar surface area (TPSA) is 108 Å². The first kappa shape index (κ1) is 83.2. The minimum absolute atomic E-state index is 0. The molecule has 0 aliphatic heterocycles. The number of phenolic OH excluding ortho intramolecular Hbond substituents is 1. The summed E-state index contributed by atoms with van der Waals surface area (Å²) < 4.78 is 24.9. The van der Waals surface area contributed by atoms with Crippen molar-refractivity contribution < 1.29 is 38.4 Å². The van der Waals surface area contributed by atoms with Gasteiger partial charge in [0, 0.05) is 12.5 Å².